The minimum Gasteiger partial charge on any atom is -0.368 e. The van der Waals surface area contributed by atoms with Crippen LogP contribution in [0.2, 0.25) is 10.0 Å². The molecule has 4 aromatic rings. The molecule has 0 unspecified atom stereocenters. The van der Waals surface area contributed by atoms with Gasteiger partial charge >= 0.3 is 0 Å². The Morgan fingerprint density at radius 3 is 1.27 bits per heavy atom. The third-order valence-corrected chi connectivity index (χ3v) is 10.7. The lowest BCUT2D eigenvalue weighted by atomic mass is 10.1. The highest BCUT2D eigenvalue weighted by Gasteiger charge is 2.47. The Morgan fingerprint density at radius 2 is 0.923 bits per heavy atom. The van der Waals surface area contributed by atoms with Crippen LogP contribution in [-0.2, 0) is 9.59 Å². The Balaban J connectivity index is 0.000000172. The third-order valence-electron chi connectivity index (χ3n) is 10.2. The number of rotatable bonds is 6. The standard InChI is InChI=1S/2C21H22ClFN2O/c2*1-14-2-5-16(22)12-20(14)24-8-10-25(11-9-24)21(26)19-13-18(19)15-3-6-17(23)7-4-15/h2*2-7,12,18-19H,8-11,13H2,1H3/t2*18-,19-/m10/s1/i2*18D,19D. The van der Waals surface area contributed by atoms with Gasteiger partial charge in [-0.25, -0.2) is 8.78 Å². The van der Waals surface area contributed by atoms with Gasteiger partial charge in [-0.3, -0.25) is 9.59 Å². The molecule has 8 rings (SSSR count). The highest BCUT2D eigenvalue weighted by Crippen LogP contribution is 2.49. The minimum atomic E-state index is -1.50. The Morgan fingerprint density at radius 1 is 0.577 bits per heavy atom. The fraction of sp³-hybridized carbons (Fsp3) is 0.381. The van der Waals surface area contributed by atoms with Crippen LogP contribution in [0.3, 0.4) is 0 Å². The van der Waals surface area contributed by atoms with Crippen LogP contribution in [-0.4, -0.2) is 74.0 Å². The first-order chi connectivity index (χ1) is 26.5. The molecule has 52 heavy (non-hydrogen) atoms. The fourth-order valence-corrected chi connectivity index (χ4v) is 7.39. The van der Waals surface area contributed by atoms with Crippen LogP contribution >= 0.6 is 23.2 Å². The molecule has 0 radical (unpaired) electrons. The number of hydrogen-bond acceptors (Lipinski definition) is 4. The molecule has 0 N–H and O–H groups in total. The molecule has 4 fully saturated rings. The Labute approximate surface area is 320 Å². The average Bonchev–Trinajstić information content (AvgIpc) is 4.00. The SMILES string of the molecule is [2H][C@@]1(C(=O)N2CCN(c3cc(Cl)ccc3C)CC2)C[C@]1([2H])c1ccc(F)cc1.[2H][C@@]1(c2ccc(F)cc2)C[C@]1([2H])C(=O)N1CCN(c2cc(Cl)ccc2C)CC1. The van der Waals surface area contributed by atoms with Crippen LogP contribution in [0.15, 0.2) is 84.9 Å². The van der Waals surface area contributed by atoms with Crippen molar-refractivity contribution >= 4 is 46.4 Å². The number of benzene rings is 4. The lowest BCUT2D eigenvalue weighted by Crippen LogP contribution is -2.49. The average molecular weight is 750 g/mol. The maximum absolute atomic E-state index is 13.2. The van der Waals surface area contributed by atoms with Crippen molar-refractivity contribution in [2.24, 2.45) is 11.8 Å². The molecule has 2 heterocycles. The van der Waals surface area contributed by atoms with Gasteiger partial charge < -0.3 is 19.6 Å². The Bertz CT molecular complexity index is 1990. The summed E-state index contributed by atoms with van der Waals surface area (Å²) in [6.07, 6.45) is 0.274. The summed E-state index contributed by atoms with van der Waals surface area (Å²) in [6.45, 7) is 8.71. The van der Waals surface area contributed by atoms with E-state index in [4.69, 9.17) is 28.7 Å². The van der Waals surface area contributed by atoms with Gasteiger partial charge in [0.2, 0.25) is 11.8 Å². The highest BCUT2D eigenvalue weighted by atomic mass is 35.5. The van der Waals surface area contributed by atoms with Crippen molar-refractivity contribution in [3.05, 3.63) is 129 Å². The first kappa shape index (κ1) is 31.4. The van der Waals surface area contributed by atoms with E-state index in [0.29, 0.717) is 73.5 Å². The van der Waals surface area contributed by atoms with Crippen molar-refractivity contribution in [1.29, 1.82) is 0 Å². The number of hydrogen-bond donors (Lipinski definition) is 0. The van der Waals surface area contributed by atoms with Crippen molar-refractivity contribution in [3.8, 4) is 0 Å². The molecule has 4 aromatic carbocycles. The zero-order valence-electron chi connectivity index (χ0n) is 33.3. The van der Waals surface area contributed by atoms with Gasteiger partial charge in [-0.15, -0.1) is 0 Å². The predicted molar refractivity (Wildman–Crippen MR) is 204 cm³/mol. The number of amides is 2. The van der Waals surface area contributed by atoms with E-state index in [2.05, 4.69) is 9.80 Å². The molecule has 2 saturated carbocycles. The van der Waals surface area contributed by atoms with Gasteiger partial charge in [0.25, 0.3) is 0 Å². The van der Waals surface area contributed by atoms with E-state index >= 15 is 0 Å². The van der Waals surface area contributed by atoms with Crippen LogP contribution in [0.4, 0.5) is 20.2 Å². The molecule has 4 atom stereocenters. The predicted octanol–water partition coefficient (Wildman–Crippen LogP) is 8.48. The van der Waals surface area contributed by atoms with Crippen molar-refractivity contribution in [2.45, 2.75) is 38.5 Å². The van der Waals surface area contributed by atoms with Crippen LogP contribution in [0, 0.1) is 37.3 Å². The zero-order valence-corrected chi connectivity index (χ0v) is 30.8. The first-order valence-electron chi connectivity index (χ1n) is 19.6. The van der Waals surface area contributed by atoms with E-state index in [1.54, 1.807) is 9.80 Å². The van der Waals surface area contributed by atoms with E-state index < -0.39 is 23.6 Å². The second-order valence-corrected chi connectivity index (χ2v) is 14.6. The van der Waals surface area contributed by atoms with Gasteiger partial charge in [0.05, 0.1) is 0 Å². The van der Waals surface area contributed by atoms with Crippen molar-refractivity contribution < 1.29 is 23.9 Å². The Hall–Kier alpha value is -4.14. The summed E-state index contributed by atoms with van der Waals surface area (Å²) < 4.78 is 60.8. The molecule has 2 amide bonds. The van der Waals surface area contributed by atoms with Crippen LogP contribution in [0.1, 0.15) is 52.4 Å². The number of anilines is 2. The number of aryl methyl sites for hydroxylation is 2. The monoisotopic (exact) mass is 748 g/mol. The van der Waals surface area contributed by atoms with E-state index in [0.717, 1.165) is 22.5 Å². The fourth-order valence-electron chi connectivity index (χ4n) is 7.06. The summed E-state index contributed by atoms with van der Waals surface area (Å²) in [5.41, 5.74) is 5.42. The van der Waals surface area contributed by atoms with Gasteiger partial charge in [0.1, 0.15) is 11.6 Å². The summed E-state index contributed by atoms with van der Waals surface area (Å²) >= 11 is 12.2. The lowest BCUT2D eigenvalue weighted by molar-refractivity contribution is -0.133. The molecule has 2 aliphatic heterocycles. The summed E-state index contributed by atoms with van der Waals surface area (Å²) in [4.78, 5) is 33.8. The van der Waals surface area contributed by atoms with E-state index in [1.165, 1.54) is 48.5 Å². The molecule has 0 aromatic heterocycles. The third kappa shape index (κ3) is 8.24. The number of piperazine rings is 2. The number of carbonyl (C=O) groups is 2. The van der Waals surface area contributed by atoms with Crippen molar-refractivity contribution in [2.75, 3.05) is 62.2 Å². The van der Waals surface area contributed by atoms with E-state index in [-0.39, 0.29) is 36.3 Å². The van der Waals surface area contributed by atoms with Gasteiger partial charge in [0.15, 0.2) is 0 Å². The lowest BCUT2D eigenvalue weighted by Gasteiger charge is -2.37. The largest absolute Gasteiger partial charge is 0.368 e. The molecule has 4 aliphatic rings. The van der Waals surface area contributed by atoms with Crippen molar-refractivity contribution in [1.82, 2.24) is 9.80 Å². The molecular weight excluding hydrogens is 701 g/mol. The molecule has 0 bridgehead atoms. The number of carbonyl (C=O) groups excluding carboxylic acids is 2. The van der Waals surface area contributed by atoms with Crippen molar-refractivity contribution in [3.63, 3.8) is 0 Å². The smallest absolute Gasteiger partial charge is 0.226 e. The van der Waals surface area contributed by atoms with Crippen LogP contribution < -0.4 is 9.80 Å². The number of halogens is 4. The quantitative estimate of drug-likeness (QED) is 0.199. The normalized spacial score (nSPS) is 29.2. The van der Waals surface area contributed by atoms with E-state index in [9.17, 15) is 18.4 Å². The minimum absolute atomic E-state index is 0.137. The Kier molecular flexibility index (Phi) is 9.33. The maximum atomic E-state index is 13.2. The molecule has 2 aliphatic carbocycles. The molecular formula is C42H44Cl2F2N4O2. The molecule has 272 valence electrons. The maximum Gasteiger partial charge on any atom is 0.226 e. The van der Waals surface area contributed by atoms with Crippen LogP contribution in [0.25, 0.3) is 0 Å². The number of nitrogens with zero attached hydrogens (tertiary/aromatic N) is 4. The van der Waals surface area contributed by atoms with Gasteiger partial charge in [-0.1, -0.05) is 59.6 Å². The highest BCUT2D eigenvalue weighted by molar-refractivity contribution is 6.31. The zero-order chi connectivity index (χ0) is 40.2. The van der Waals surface area contributed by atoms with Crippen LogP contribution in [0.5, 0.6) is 0 Å². The van der Waals surface area contributed by atoms with Gasteiger partial charge in [-0.05, 0) is 109 Å². The summed E-state index contributed by atoms with van der Waals surface area (Å²) in [7, 11) is 0. The van der Waals surface area contributed by atoms with E-state index in [1.807, 2.05) is 50.2 Å². The second-order valence-electron chi connectivity index (χ2n) is 13.7. The summed E-state index contributed by atoms with van der Waals surface area (Å²) in [6, 6.07) is 22.7. The molecule has 10 heteroatoms. The summed E-state index contributed by atoms with van der Waals surface area (Å²) in [5, 5.41) is 1.36. The second kappa shape index (κ2) is 15.5. The topological polar surface area (TPSA) is 47.1 Å². The van der Waals surface area contributed by atoms with Gasteiger partial charge in [-0.2, -0.15) is 0 Å². The summed E-state index contributed by atoms with van der Waals surface area (Å²) in [5.74, 6) is -7.01. The molecule has 6 nitrogen and oxygen atoms in total. The molecule has 2 saturated heterocycles. The molecule has 0 spiro atoms. The van der Waals surface area contributed by atoms with Gasteiger partial charge in [0, 0.05) is 91.0 Å². The first-order valence-corrected chi connectivity index (χ1v) is 18.4.